The third kappa shape index (κ3) is 2.53. The Kier molecular flexibility index (Phi) is 3.19. The maximum absolute atomic E-state index is 11.8. The molecule has 0 aliphatic heterocycles. The second-order valence-corrected chi connectivity index (χ2v) is 5.16. The maximum atomic E-state index is 11.8. The van der Waals surface area contributed by atoms with Crippen LogP contribution in [0, 0.1) is 0 Å². The van der Waals surface area contributed by atoms with Crippen molar-refractivity contribution in [2.24, 2.45) is 7.05 Å². The van der Waals surface area contributed by atoms with Gasteiger partial charge < -0.3 is 4.98 Å². The number of hydrogen-bond donors (Lipinski definition) is 1. The number of pyridine rings is 1. The predicted molar refractivity (Wildman–Crippen MR) is 78.0 cm³/mol. The molecule has 7 heteroatoms. The number of hydrogen-bond acceptors (Lipinski definition) is 4. The molecule has 1 N–H and O–H groups in total. The van der Waals surface area contributed by atoms with Crippen molar-refractivity contribution in [1.29, 1.82) is 0 Å². The van der Waals surface area contributed by atoms with Gasteiger partial charge in [-0.3, -0.25) is 14.5 Å². The lowest BCUT2D eigenvalue weighted by molar-refractivity contribution is 0.768. The van der Waals surface area contributed by atoms with Crippen LogP contribution < -0.4 is 5.56 Å². The molecule has 0 bridgehead atoms. The van der Waals surface area contributed by atoms with Crippen molar-refractivity contribution < 1.29 is 0 Å². The summed E-state index contributed by atoms with van der Waals surface area (Å²) in [7, 11) is 1.81. The van der Waals surface area contributed by atoms with Crippen molar-refractivity contribution in [3.8, 4) is 22.8 Å². The van der Waals surface area contributed by atoms with Gasteiger partial charge in [0.05, 0.1) is 11.9 Å². The standard InChI is InChI=1S/C13H10BrN5O/c1-19-7-8(5-16-19)11-4-12(20)18-13(17-11)10-3-2-9(14)6-15-10/h2-7H,1H3,(H,17,18,20). The van der Waals surface area contributed by atoms with Gasteiger partial charge in [-0.2, -0.15) is 5.10 Å². The molecule has 0 saturated carbocycles. The summed E-state index contributed by atoms with van der Waals surface area (Å²) < 4.78 is 2.53. The van der Waals surface area contributed by atoms with E-state index in [0.717, 1.165) is 10.0 Å². The highest BCUT2D eigenvalue weighted by Crippen LogP contribution is 2.18. The average molecular weight is 332 g/mol. The normalized spacial score (nSPS) is 10.7. The minimum absolute atomic E-state index is 0.224. The van der Waals surface area contributed by atoms with Crippen LogP contribution in [-0.4, -0.2) is 24.7 Å². The lowest BCUT2D eigenvalue weighted by Gasteiger charge is -2.02. The van der Waals surface area contributed by atoms with Crippen LogP contribution in [0.15, 0.2) is 46.1 Å². The number of nitrogens with one attached hydrogen (secondary N) is 1. The zero-order valence-corrected chi connectivity index (χ0v) is 12.1. The van der Waals surface area contributed by atoms with Crippen molar-refractivity contribution >= 4 is 15.9 Å². The first-order valence-corrected chi connectivity index (χ1v) is 6.63. The van der Waals surface area contributed by atoms with Gasteiger partial charge in [-0.05, 0) is 28.1 Å². The Morgan fingerprint density at radius 3 is 2.75 bits per heavy atom. The van der Waals surface area contributed by atoms with Gasteiger partial charge in [-0.25, -0.2) is 4.98 Å². The van der Waals surface area contributed by atoms with Gasteiger partial charge in [0.15, 0.2) is 5.82 Å². The summed E-state index contributed by atoms with van der Waals surface area (Å²) in [6, 6.07) is 5.08. The molecule has 0 aliphatic carbocycles. The Labute approximate surface area is 122 Å². The Morgan fingerprint density at radius 2 is 2.10 bits per heavy atom. The third-order valence-electron chi connectivity index (χ3n) is 2.71. The molecule has 0 spiro atoms. The summed E-state index contributed by atoms with van der Waals surface area (Å²) in [5.74, 6) is 0.434. The molecule has 100 valence electrons. The molecular weight excluding hydrogens is 322 g/mol. The van der Waals surface area contributed by atoms with Gasteiger partial charge in [-0.1, -0.05) is 0 Å². The second-order valence-electron chi connectivity index (χ2n) is 4.24. The molecule has 0 aromatic carbocycles. The minimum Gasteiger partial charge on any atom is -0.305 e. The van der Waals surface area contributed by atoms with E-state index < -0.39 is 0 Å². The van der Waals surface area contributed by atoms with Crippen molar-refractivity contribution in [1.82, 2.24) is 24.7 Å². The average Bonchev–Trinajstić information content (AvgIpc) is 2.85. The molecule has 3 rings (SSSR count). The Bertz CT molecular complexity index is 806. The quantitative estimate of drug-likeness (QED) is 0.779. The SMILES string of the molecule is Cn1cc(-c2cc(=O)[nH]c(-c3ccc(Br)cn3)n2)cn1. The van der Waals surface area contributed by atoms with Gasteiger partial charge in [-0.15, -0.1) is 0 Å². The first-order chi connectivity index (χ1) is 9.61. The summed E-state index contributed by atoms with van der Waals surface area (Å²) in [5, 5.41) is 4.08. The first-order valence-electron chi connectivity index (χ1n) is 5.84. The number of rotatable bonds is 2. The maximum Gasteiger partial charge on any atom is 0.251 e. The number of H-pyrrole nitrogens is 1. The molecular formula is C13H10BrN5O. The summed E-state index contributed by atoms with van der Waals surface area (Å²) >= 11 is 3.32. The Hall–Kier alpha value is -2.28. The van der Waals surface area contributed by atoms with Crippen LogP contribution in [0.4, 0.5) is 0 Å². The van der Waals surface area contributed by atoms with Crippen LogP contribution in [-0.2, 0) is 7.05 Å². The van der Waals surface area contributed by atoms with E-state index in [2.05, 4.69) is 36.0 Å². The van der Waals surface area contributed by atoms with E-state index in [0.29, 0.717) is 17.2 Å². The van der Waals surface area contributed by atoms with E-state index in [1.807, 2.05) is 13.1 Å². The molecule has 20 heavy (non-hydrogen) atoms. The van der Waals surface area contributed by atoms with Gasteiger partial charge in [0.2, 0.25) is 0 Å². The van der Waals surface area contributed by atoms with Gasteiger partial charge >= 0.3 is 0 Å². The van der Waals surface area contributed by atoms with E-state index in [1.165, 1.54) is 6.07 Å². The van der Waals surface area contributed by atoms with Crippen LogP contribution in [0.1, 0.15) is 0 Å². The number of aromatic amines is 1. The molecule has 0 amide bonds. The fourth-order valence-electron chi connectivity index (χ4n) is 1.80. The first kappa shape index (κ1) is 12.7. The highest BCUT2D eigenvalue weighted by Gasteiger charge is 2.08. The van der Waals surface area contributed by atoms with Crippen molar-refractivity contribution in [2.75, 3.05) is 0 Å². The fourth-order valence-corrected chi connectivity index (χ4v) is 2.03. The number of aryl methyl sites for hydroxylation is 1. The number of nitrogens with zero attached hydrogens (tertiary/aromatic N) is 4. The zero-order valence-electron chi connectivity index (χ0n) is 10.5. The lowest BCUT2D eigenvalue weighted by Crippen LogP contribution is -2.09. The van der Waals surface area contributed by atoms with Crippen LogP contribution in [0.5, 0.6) is 0 Å². The molecule has 0 radical (unpaired) electrons. The third-order valence-corrected chi connectivity index (χ3v) is 3.18. The van der Waals surface area contributed by atoms with E-state index in [-0.39, 0.29) is 5.56 Å². The van der Waals surface area contributed by atoms with Crippen LogP contribution in [0.25, 0.3) is 22.8 Å². The van der Waals surface area contributed by atoms with E-state index in [1.54, 1.807) is 29.3 Å². The molecule has 3 heterocycles. The molecule has 0 atom stereocenters. The van der Waals surface area contributed by atoms with Gasteiger partial charge in [0.1, 0.15) is 5.69 Å². The molecule has 0 unspecified atom stereocenters. The number of aromatic nitrogens is 5. The molecule has 3 aromatic rings. The summed E-state index contributed by atoms with van der Waals surface area (Å²) in [6.07, 6.45) is 5.13. The van der Waals surface area contributed by atoms with E-state index in [4.69, 9.17) is 0 Å². The number of halogens is 1. The molecule has 0 aliphatic rings. The smallest absolute Gasteiger partial charge is 0.251 e. The van der Waals surface area contributed by atoms with Crippen molar-refractivity contribution in [3.05, 3.63) is 51.6 Å². The lowest BCUT2D eigenvalue weighted by atomic mass is 10.2. The monoisotopic (exact) mass is 331 g/mol. The summed E-state index contributed by atoms with van der Waals surface area (Å²) in [5.41, 5.74) is 1.74. The topological polar surface area (TPSA) is 76.5 Å². The van der Waals surface area contributed by atoms with Gasteiger partial charge in [0, 0.05) is 35.5 Å². The summed E-state index contributed by atoms with van der Waals surface area (Å²) in [6.45, 7) is 0. The van der Waals surface area contributed by atoms with Crippen molar-refractivity contribution in [3.63, 3.8) is 0 Å². The fraction of sp³-hybridized carbons (Fsp3) is 0.0769. The molecule has 0 fully saturated rings. The highest BCUT2D eigenvalue weighted by molar-refractivity contribution is 9.10. The van der Waals surface area contributed by atoms with E-state index >= 15 is 0 Å². The van der Waals surface area contributed by atoms with E-state index in [9.17, 15) is 4.79 Å². The van der Waals surface area contributed by atoms with Gasteiger partial charge in [0.25, 0.3) is 5.56 Å². The molecule has 6 nitrogen and oxygen atoms in total. The van der Waals surface area contributed by atoms with Crippen molar-refractivity contribution in [2.45, 2.75) is 0 Å². The second kappa shape index (κ2) is 5.01. The Morgan fingerprint density at radius 1 is 1.25 bits per heavy atom. The van der Waals surface area contributed by atoms with Crippen LogP contribution in [0.3, 0.4) is 0 Å². The highest BCUT2D eigenvalue weighted by atomic mass is 79.9. The van der Waals surface area contributed by atoms with Crippen LogP contribution in [0.2, 0.25) is 0 Å². The molecule has 0 saturated heterocycles. The zero-order chi connectivity index (χ0) is 14.1. The predicted octanol–water partition coefficient (Wildman–Crippen LogP) is 1.99. The minimum atomic E-state index is -0.224. The summed E-state index contributed by atoms with van der Waals surface area (Å²) in [4.78, 5) is 23.1. The molecule has 3 aromatic heterocycles. The largest absolute Gasteiger partial charge is 0.305 e. The Balaban J connectivity index is 2.11. The van der Waals surface area contributed by atoms with Crippen LogP contribution >= 0.6 is 15.9 Å².